The van der Waals surface area contributed by atoms with Gasteiger partial charge in [-0.3, -0.25) is 4.79 Å². The van der Waals surface area contributed by atoms with E-state index in [1.54, 1.807) is 0 Å². The van der Waals surface area contributed by atoms with Crippen LogP contribution in [0.5, 0.6) is 0 Å². The fourth-order valence-electron chi connectivity index (χ4n) is 2.90. The first-order valence-corrected chi connectivity index (χ1v) is 9.25. The van der Waals surface area contributed by atoms with Crippen LogP contribution < -0.4 is 10.2 Å². The molecule has 1 heterocycles. The zero-order valence-corrected chi connectivity index (χ0v) is 14.6. The van der Waals surface area contributed by atoms with Crippen LogP contribution in [-0.4, -0.2) is 31.3 Å². The van der Waals surface area contributed by atoms with Crippen LogP contribution in [0.1, 0.15) is 6.42 Å². The van der Waals surface area contributed by atoms with Crippen molar-refractivity contribution in [2.24, 2.45) is 5.92 Å². The number of nitrogens with one attached hydrogen (secondary N) is 1. The van der Waals surface area contributed by atoms with Crippen molar-refractivity contribution in [1.82, 2.24) is 5.32 Å². The van der Waals surface area contributed by atoms with Gasteiger partial charge < -0.3 is 10.2 Å². The summed E-state index contributed by atoms with van der Waals surface area (Å²) in [7, 11) is 0. The Hall–Kier alpha value is -2.08. The molecule has 1 aliphatic heterocycles. The van der Waals surface area contributed by atoms with E-state index in [0.717, 1.165) is 31.6 Å². The van der Waals surface area contributed by atoms with Crippen LogP contribution in [0, 0.1) is 17.6 Å². The van der Waals surface area contributed by atoms with E-state index in [0.29, 0.717) is 17.4 Å². The van der Waals surface area contributed by atoms with E-state index in [9.17, 15) is 13.6 Å². The van der Waals surface area contributed by atoms with E-state index in [1.807, 2.05) is 18.2 Å². The maximum atomic E-state index is 13.1. The third-order valence-electron chi connectivity index (χ3n) is 4.26. The summed E-state index contributed by atoms with van der Waals surface area (Å²) in [5.74, 6) is -1.24. The molecule has 1 atom stereocenters. The summed E-state index contributed by atoms with van der Waals surface area (Å²) in [6, 6.07) is 13.9. The van der Waals surface area contributed by atoms with Gasteiger partial charge in [0.1, 0.15) is 0 Å². The predicted molar refractivity (Wildman–Crippen MR) is 96.9 cm³/mol. The van der Waals surface area contributed by atoms with E-state index in [1.165, 1.54) is 23.5 Å². The number of halogens is 2. The lowest BCUT2D eigenvalue weighted by atomic mass is 10.1. The summed E-state index contributed by atoms with van der Waals surface area (Å²) < 4.78 is 26.0. The number of anilines is 1. The standard InChI is InChI=1S/C19H20F2N2OS/c20-17-7-6-16(10-18(17)21)25-13-19(24)22-11-14-8-9-23(12-14)15-4-2-1-3-5-15/h1-7,10,14H,8-9,11-13H2,(H,22,24). The molecule has 0 radical (unpaired) electrons. The van der Waals surface area contributed by atoms with E-state index in [4.69, 9.17) is 0 Å². The van der Waals surface area contributed by atoms with Crippen LogP contribution >= 0.6 is 11.8 Å². The number of amides is 1. The second-order valence-corrected chi connectivity index (χ2v) is 7.15. The molecule has 3 nitrogen and oxygen atoms in total. The summed E-state index contributed by atoms with van der Waals surface area (Å²) >= 11 is 1.20. The molecule has 1 fully saturated rings. The molecule has 0 saturated carbocycles. The second-order valence-electron chi connectivity index (χ2n) is 6.10. The normalized spacial score (nSPS) is 16.9. The fourth-order valence-corrected chi connectivity index (χ4v) is 3.65. The Kier molecular flexibility index (Phi) is 5.91. The largest absolute Gasteiger partial charge is 0.371 e. The molecule has 1 amide bonds. The Morgan fingerprint density at radius 1 is 1.16 bits per heavy atom. The number of hydrogen-bond acceptors (Lipinski definition) is 3. The summed E-state index contributed by atoms with van der Waals surface area (Å²) in [5.41, 5.74) is 1.21. The minimum atomic E-state index is -0.891. The van der Waals surface area contributed by atoms with Crippen molar-refractivity contribution in [3.63, 3.8) is 0 Å². The molecule has 132 valence electrons. The summed E-state index contributed by atoms with van der Waals surface area (Å²) in [5, 5.41) is 2.94. The van der Waals surface area contributed by atoms with E-state index in [2.05, 4.69) is 22.3 Å². The van der Waals surface area contributed by atoms with Gasteiger partial charge in [0, 0.05) is 30.2 Å². The van der Waals surface area contributed by atoms with Gasteiger partial charge in [0.05, 0.1) is 5.75 Å². The molecule has 0 aromatic heterocycles. The van der Waals surface area contributed by atoms with Crippen molar-refractivity contribution >= 4 is 23.4 Å². The van der Waals surface area contributed by atoms with Crippen LogP contribution in [-0.2, 0) is 4.79 Å². The number of para-hydroxylation sites is 1. The third-order valence-corrected chi connectivity index (χ3v) is 5.25. The topological polar surface area (TPSA) is 32.3 Å². The highest BCUT2D eigenvalue weighted by molar-refractivity contribution is 8.00. The molecule has 1 N–H and O–H groups in total. The van der Waals surface area contributed by atoms with Crippen LogP contribution in [0.4, 0.5) is 14.5 Å². The molecule has 1 aliphatic rings. The Balaban J connectivity index is 1.40. The molecule has 3 rings (SSSR count). The van der Waals surface area contributed by atoms with E-state index in [-0.39, 0.29) is 11.7 Å². The quantitative estimate of drug-likeness (QED) is 0.796. The summed E-state index contributed by atoms with van der Waals surface area (Å²) in [6.45, 7) is 2.56. The first-order chi connectivity index (χ1) is 12.1. The molecular weight excluding hydrogens is 342 g/mol. The SMILES string of the molecule is O=C(CSc1ccc(F)c(F)c1)NCC1CCN(c2ccccc2)C1. The van der Waals surface area contributed by atoms with Gasteiger partial charge in [-0.15, -0.1) is 11.8 Å². The van der Waals surface area contributed by atoms with Crippen LogP contribution in [0.25, 0.3) is 0 Å². The van der Waals surface area contributed by atoms with Crippen LogP contribution in [0.3, 0.4) is 0 Å². The maximum absolute atomic E-state index is 13.1. The van der Waals surface area contributed by atoms with Crippen molar-refractivity contribution in [1.29, 1.82) is 0 Å². The number of rotatable bonds is 6. The zero-order valence-electron chi connectivity index (χ0n) is 13.8. The molecule has 1 saturated heterocycles. The molecule has 2 aromatic carbocycles. The van der Waals surface area contributed by atoms with Crippen molar-refractivity contribution in [3.8, 4) is 0 Å². The highest BCUT2D eigenvalue weighted by atomic mass is 32.2. The zero-order chi connectivity index (χ0) is 17.6. The summed E-state index contributed by atoms with van der Waals surface area (Å²) in [6.07, 6.45) is 1.05. The van der Waals surface area contributed by atoms with Crippen LogP contribution in [0.2, 0.25) is 0 Å². The Morgan fingerprint density at radius 2 is 1.96 bits per heavy atom. The number of hydrogen-bond donors (Lipinski definition) is 1. The highest BCUT2D eigenvalue weighted by Crippen LogP contribution is 2.23. The van der Waals surface area contributed by atoms with Crippen LogP contribution in [0.15, 0.2) is 53.4 Å². The molecule has 25 heavy (non-hydrogen) atoms. The lowest BCUT2D eigenvalue weighted by molar-refractivity contribution is -0.118. The van der Waals surface area contributed by atoms with Gasteiger partial charge in [-0.05, 0) is 42.7 Å². The van der Waals surface area contributed by atoms with E-state index < -0.39 is 11.6 Å². The molecule has 1 unspecified atom stereocenters. The lowest BCUT2D eigenvalue weighted by Crippen LogP contribution is -2.32. The van der Waals surface area contributed by atoms with Crippen molar-refractivity contribution in [2.75, 3.05) is 30.3 Å². The second kappa shape index (κ2) is 8.34. The highest BCUT2D eigenvalue weighted by Gasteiger charge is 2.22. The number of thioether (sulfide) groups is 1. The minimum absolute atomic E-state index is 0.0899. The molecule has 6 heteroatoms. The smallest absolute Gasteiger partial charge is 0.230 e. The van der Waals surface area contributed by atoms with Crippen molar-refractivity contribution in [2.45, 2.75) is 11.3 Å². The molecule has 2 aromatic rings. The third kappa shape index (κ3) is 4.95. The first-order valence-electron chi connectivity index (χ1n) is 8.26. The van der Waals surface area contributed by atoms with Crippen molar-refractivity contribution < 1.29 is 13.6 Å². The average Bonchev–Trinajstić information content (AvgIpc) is 3.11. The average molecular weight is 362 g/mol. The molecular formula is C19H20F2N2OS. The Bertz CT molecular complexity index is 727. The van der Waals surface area contributed by atoms with Gasteiger partial charge in [-0.25, -0.2) is 8.78 Å². The number of carbonyl (C=O) groups is 1. The number of nitrogens with zero attached hydrogens (tertiary/aromatic N) is 1. The van der Waals surface area contributed by atoms with Gasteiger partial charge in [0.25, 0.3) is 0 Å². The molecule has 0 aliphatic carbocycles. The van der Waals surface area contributed by atoms with Crippen molar-refractivity contribution in [3.05, 3.63) is 60.2 Å². The minimum Gasteiger partial charge on any atom is -0.371 e. The van der Waals surface area contributed by atoms with Gasteiger partial charge >= 0.3 is 0 Å². The van der Waals surface area contributed by atoms with Gasteiger partial charge in [0.15, 0.2) is 11.6 Å². The fraction of sp³-hybridized carbons (Fsp3) is 0.316. The molecule has 0 bridgehead atoms. The predicted octanol–water partition coefficient (Wildman–Crippen LogP) is 3.70. The first kappa shape index (κ1) is 17.7. The van der Waals surface area contributed by atoms with E-state index >= 15 is 0 Å². The van der Waals surface area contributed by atoms with Gasteiger partial charge in [-0.1, -0.05) is 18.2 Å². The Labute approximate surface area is 150 Å². The number of benzene rings is 2. The monoisotopic (exact) mass is 362 g/mol. The van der Waals surface area contributed by atoms with Gasteiger partial charge in [-0.2, -0.15) is 0 Å². The maximum Gasteiger partial charge on any atom is 0.230 e. The molecule has 0 spiro atoms. The summed E-state index contributed by atoms with van der Waals surface area (Å²) in [4.78, 5) is 14.8. The lowest BCUT2D eigenvalue weighted by Gasteiger charge is -2.18. The number of carbonyl (C=O) groups excluding carboxylic acids is 1. The van der Waals surface area contributed by atoms with Gasteiger partial charge in [0.2, 0.25) is 5.91 Å². The Morgan fingerprint density at radius 3 is 2.72 bits per heavy atom.